The minimum Gasteiger partial charge on any atom is -0.492 e. The molecule has 1 aromatic carbocycles. The molecule has 0 saturated heterocycles. The van der Waals surface area contributed by atoms with Gasteiger partial charge in [-0.15, -0.1) is 0 Å². The number of nitrogens with two attached hydrogens (primary N) is 2. The second kappa shape index (κ2) is 6.61. The van der Waals surface area contributed by atoms with E-state index in [-0.39, 0.29) is 6.04 Å². The summed E-state index contributed by atoms with van der Waals surface area (Å²) >= 11 is 5.81. The molecular weight excluding hydrogens is 262 g/mol. The van der Waals surface area contributed by atoms with Crippen molar-refractivity contribution in [2.24, 2.45) is 11.5 Å². The van der Waals surface area contributed by atoms with E-state index in [9.17, 15) is 0 Å². The lowest BCUT2D eigenvalue weighted by atomic mass is 10.2. The predicted molar refractivity (Wildman–Crippen MR) is 77.4 cm³/mol. The minimum atomic E-state index is -0.134. The fourth-order valence-electron chi connectivity index (χ4n) is 1.88. The molecule has 1 heterocycles. The molecule has 1 aromatic heterocycles. The molecule has 102 valence electrons. The molecule has 1 atom stereocenters. The van der Waals surface area contributed by atoms with Gasteiger partial charge in [-0.25, -0.2) is 0 Å². The van der Waals surface area contributed by atoms with Crippen molar-refractivity contribution < 1.29 is 4.74 Å². The number of nitrogens with zero attached hydrogens (tertiary/aromatic N) is 1. The maximum Gasteiger partial charge on any atom is 0.119 e. The van der Waals surface area contributed by atoms with E-state index in [0.717, 1.165) is 18.0 Å². The van der Waals surface area contributed by atoms with E-state index in [4.69, 9.17) is 27.8 Å². The van der Waals surface area contributed by atoms with Crippen molar-refractivity contribution in [3.05, 3.63) is 53.3 Å². The molecule has 19 heavy (non-hydrogen) atoms. The Hall–Kier alpha value is -1.49. The molecule has 0 fully saturated rings. The van der Waals surface area contributed by atoms with Crippen LogP contribution in [0.4, 0.5) is 0 Å². The van der Waals surface area contributed by atoms with Crippen LogP contribution in [-0.2, 0) is 6.54 Å². The molecule has 0 aliphatic heterocycles. The molecule has 4 nitrogen and oxygen atoms in total. The Balaban J connectivity index is 1.89. The summed E-state index contributed by atoms with van der Waals surface area (Å²) in [7, 11) is 0. The summed E-state index contributed by atoms with van der Waals surface area (Å²) in [5.74, 6) is 0.807. The topological polar surface area (TPSA) is 66.2 Å². The van der Waals surface area contributed by atoms with Crippen LogP contribution >= 0.6 is 11.6 Å². The highest BCUT2D eigenvalue weighted by atomic mass is 35.5. The van der Waals surface area contributed by atoms with Gasteiger partial charge in [-0.2, -0.15) is 0 Å². The van der Waals surface area contributed by atoms with Crippen molar-refractivity contribution >= 4 is 11.6 Å². The number of halogens is 1. The number of hydrogen-bond acceptors (Lipinski definition) is 3. The van der Waals surface area contributed by atoms with Crippen LogP contribution in [-0.4, -0.2) is 17.7 Å². The predicted octanol–water partition coefficient (Wildman–Crippen LogP) is 2.18. The second-order valence-corrected chi connectivity index (χ2v) is 4.71. The SMILES string of the molecule is NCC(N)c1cccn1CCOc1ccc(Cl)cc1. The first-order valence-corrected chi connectivity index (χ1v) is 6.57. The van der Waals surface area contributed by atoms with Crippen LogP contribution in [0.2, 0.25) is 5.02 Å². The first-order valence-electron chi connectivity index (χ1n) is 6.20. The summed E-state index contributed by atoms with van der Waals surface area (Å²) in [5.41, 5.74) is 12.6. The van der Waals surface area contributed by atoms with Crippen molar-refractivity contribution in [3.8, 4) is 5.75 Å². The van der Waals surface area contributed by atoms with E-state index >= 15 is 0 Å². The molecule has 2 aromatic rings. The van der Waals surface area contributed by atoms with Crippen molar-refractivity contribution in [3.63, 3.8) is 0 Å². The summed E-state index contributed by atoms with van der Waals surface area (Å²) in [5, 5.41) is 0.703. The summed E-state index contributed by atoms with van der Waals surface area (Å²) in [6.07, 6.45) is 1.98. The second-order valence-electron chi connectivity index (χ2n) is 4.27. The highest BCUT2D eigenvalue weighted by molar-refractivity contribution is 6.30. The zero-order valence-corrected chi connectivity index (χ0v) is 11.4. The highest BCUT2D eigenvalue weighted by Crippen LogP contribution is 2.16. The number of ether oxygens (including phenoxy) is 1. The quantitative estimate of drug-likeness (QED) is 0.852. The Morgan fingerprint density at radius 1 is 1.21 bits per heavy atom. The van der Waals surface area contributed by atoms with Gasteiger partial charge in [0.1, 0.15) is 12.4 Å². The van der Waals surface area contributed by atoms with Gasteiger partial charge in [0.25, 0.3) is 0 Å². The molecule has 0 bridgehead atoms. The Labute approximate surface area is 117 Å². The van der Waals surface area contributed by atoms with E-state index in [2.05, 4.69) is 4.57 Å². The Morgan fingerprint density at radius 3 is 2.63 bits per heavy atom. The molecule has 0 amide bonds. The molecule has 1 unspecified atom stereocenters. The molecule has 0 aliphatic rings. The van der Waals surface area contributed by atoms with Crippen molar-refractivity contribution in [2.75, 3.05) is 13.2 Å². The molecule has 0 aliphatic carbocycles. The van der Waals surface area contributed by atoms with Crippen molar-refractivity contribution in [2.45, 2.75) is 12.6 Å². The Bertz CT molecular complexity index is 510. The number of aromatic nitrogens is 1. The van der Waals surface area contributed by atoms with Gasteiger partial charge in [0.15, 0.2) is 0 Å². The fraction of sp³-hybridized carbons (Fsp3) is 0.286. The third-order valence-electron chi connectivity index (χ3n) is 2.91. The van der Waals surface area contributed by atoms with Crippen LogP contribution in [0.3, 0.4) is 0 Å². The minimum absolute atomic E-state index is 0.134. The van der Waals surface area contributed by atoms with Gasteiger partial charge in [-0.05, 0) is 36.4 Å². The van der Waals surface area contributed by atoms with Gasteiger partial charge in [0.05, 0.1) is 12.6 Å². The summed E-state index contributed by atoms with van der Waals surface area (Å²) in [6, 6.07) is 11.1. The zero-order valence-electron chi connectivity index (χ0n) is 10.6. The van der Waals surface area contributed by atoms with Gasteiger partial charge < -0.3 is 20.8 Å². The third-order valence-corrected chi connectivity index (χ3v) is 3.17. The van der Waals surface area contributed by atoms with Crippen LogP contribution in [0.1, 0.15) is 11.7 Å². The van der Waals surface area contributed by atoms with Crippen LogP contribution in [0.15, 0.2) is 42.6 Å². The summed E-state index contributed by atoms with van der Waals surface area (Å²) in [6.45, 7) is 1.74. The lowest BCUT2D eigenvalue weighted by Crippen LogP contribution is -2.24. The largest absolute Gasteiger partial charge is 0.492 e. The van der Waals surface area contributed by atoms with Crippen LogP contribution in [0.5, 0.6) is 5.75 Å². The molecular formula is C14H18ClN3O. The summed E-state index contributed by atoms with van der Waals surface area (Å²) < 4.78 is 7.71. The average molecular weight is 280 g/mol. The van der Waals surface area contributed by atoms with Crippen LogP contribution < -0.4 is 16.2 Å². The Morgan fingerprint density at radius 2 is 1.95 bits per heavy atom. The van der Waals surface area contributed by atoms with Gasteiger partial charge >= 0.3 is 0 Å². The van der Waals surface area contributed by atoms with E-state index in [0.29, 0.717) is 18.2 Å². The monoisotopic (exact) mass is 279 g/mol. The first-order chi connectivity index (χ1) is 9.20. The molecule has 5 heteroatoms. The van der Waals surface area contributed by atoms with Crippen molar-refractivity contribution in [1.29, 1.82) is 0 Å². The van der Waals surface area contributed by atoms with Gasteiger partial charge in [0.2, 0.25) is 0 Å². The number of rotatable bonds is 6. The molecule has 0 spiro atoms. The zero-order chi connectivity index (χ0) is 13.7. The molecule has 2 rings (SSSR count). The van der Waals surface area contributed by atoms with E-state index in [1.54, 1.807) is 0 Å². The Kier molecular flexibility index (Phi) is 4.85. The third kappa shape index (κ3) is 3.73. The highest BCUT2D eigenvalue weighted by Gasteiger charge is 2.08. The average Bonchev–Trinajstić information content (AvgIpc) is 2.88. The lowest BCUT2D eigenvalue weighted by molar-refractivity contribution is 0.296. The number of benzene rings is 1. The maximum atomic E-state index is 5.94. The van der Waals surface area contributed by atoms with Crippen molar-refractivity contribution in [1.82, 2.24) is 4.57 Å². The molecule has 4 N–H and O–H groups in total. The smallest absolute Gasteiger partial charge is 0.119 e. The van der Waals surface area contributed by atoms with Gasteiger partial charge in [0, 0.05) is 23.5 Å². The lowest BCUT2D eigenvalue weighted by Gasteiger charge is -2.14. The first kappa shape index (κ1) is 13.9. The number of hydrogen-bond donors (Lipinski definition) is 2. The molecule has 0 radical (unpaired) electrons. The van der Waals surface area contributed by atoms with E-state index in [1.807, 2.05) is 42.6 Å². The van der Waals surface area contributed by atoms with Crippen LogP contribution in [0.25, 0.3) is 0 Å². The van der Waals surface area contributed by atoms with E-state index in [1.165, 1.54) is 0 Å². The normalized spacial score (nSPS) is 12.4. The van der Waals surface area contributed by atoms with Crippen LogP contribution in [0, 0.1) is 0 Å². The summed E-state index contributed by atoms with van der Waals surface area (Å²) in [4.78, 5) is 0. The standard InChI is InChI=1S/C14H18ClN3O/c15-11-3-5-12(6-4-11)19-9-8-18-7-1-2-14(18)13(17)10-16/h1-7,13H,8-10,16-17H2. The van der Waals surface area contributed by atoms with Gasteiger partial charge in [-0.3, -0.25) is 0 Å². The fourth-order valence-corrected chi connectivity index (χ4v) is 2.01. The van der Waals surface area contributed by atoms with E-state index < -0.39 is 0 Å². The maximum absolute atomic E-state index is 5.94. The molecule has 0 saturated carbocycles. The van der Waals surface area contributed by atoms with Gasteiger partial charge in [-0.1, -0.05) is 11.6 Å².